The summed E-state index contributed by atoms with van der Waals surface area (Å²) >= 11 is 0. The Bertz CT molecular complexity index is 1290. The van der Waals surface area contributed by atoms with Crippen LogP contribution in [0.15, 0.2) is 54.9 Å². The molecule has 2 aromatic carbocycles. The number of pyridine rings is 1. The molecular weight excluding hydrogens is 482 g/mol. The van der Waals surface area contributed by atoms with Crippen LogP contribution in [-0.2, 0) is 11.3 Å². The highest BCUT2D eigenvalue weighted by atomic mass is 19.4. The Balaban J connectivity index is 1.60. The van der Waals surface area contributed by atoms with Crippen molar-refractivity contribution < 1.29 is 40.7 Å². The molecule has 0 bridgehead atoms. The van der Waals surface area contributed by atoms with Crippen molar-refractivity contribution in [2.75, 3.05) is 16.8 Å². The molecule has 182 valence electrons. The Morgan fingerprint density at radius 1 is 1.03 bits per heavy atom. The standard InChI is InChI=1S/C22H14F6N4O3/c23-14-8-16(18(24)19(25)20(14)35-22(26,27)28)32-17(33)11-31(21(32)34)10-12-6-7-29-9-15(12)30-13-4-2-1-3-5-13/h1-9,30H,10-11H2. The monoisotopic (exact) mass is 496 g/mol. The first-order valence-electron chi connectivity index (χ1n) is 9.85. The van der Waals surface area contributed by atoms with E-state index in [4.69, 9.17) is 0 Å². The molecule has 0 radical (unpaired) electrons. The first kappa shape index (κ1) is 23.9. The smallest absolute Gasteiger partial charge is 0.399 e. The quantitative estimate of drug-likeness (QED) is 0.292. The molecule has 3 amide bonds. The molecule has 13 heteroatoms. The van der Waals surface area contributed by atoms with Crippen molar-refractivity contribution in [2.24, 2.45) is 0 Å². The number of carbonyl (C=O) groups is 2. The normalized spacial score (nSPS) is 14.0. The molecule has 7 nitrogen and oxygen atoms in total. The van der Waals surface area contributed by atoms with Crippen molar-refractivity contribution >= 4 is 29.0 Å². The summed E-state index contributed by atoms with van der Waals surface area (Å²) in [7, 11) is 0. The summed E-state index contributed by atoms with van der Waals surface area (Å²) in [5.74, 6) is -9.41. The minimum absolute atomic E-state index is 0.0909. The van der Waals surface area contributed by atoms with Gasteiger partial charge in [-0.25, -0.2) is 18.5 Å². The number of rotatable bonds is 6. The van der Waals surface area contributed by atoms with Crippen LogP contribution in [0.4, 0.5) is 48.2 Å². The van der Waals surface area contributed by atoms with Gasteiger partial charge < -0.3 is 15.0 Å². The Morgan fingerprint density at radius 2 is 1.74 bits per heavy atom. The molecule has 1 aromatic heterocycles. The van der Waals surface area contributed by atoms with Crippen molar-refractivity contribution in [1.82, 2.24) is 9.88 Å². The Labute approximate surface area is 193 Å². The van der Waals surface area contributed by atoms with E-state index >= 15 is 0 Å². The number of anilines is 3. The molecule has 1 aliphatic rings. The zero-order valence-electron chi connectivity index (χ0n) is 17.4. The van der Waals surface area contributed by atoms with Crippen LogP contribution in [0.25, 0.3) is 0 Å². The number of amides is 3. The Hall–Kier alpha value is -4.29. The lowest BCUT2D eigenvalue weighted by Crippen LogP contribution is -2.34. The molecule has 0 aliphatic carbocycles. The number of urea groups is 1. The first-order chi connectivity index (χ1) is 16.5. The van der Waals surface area contributed by atoms with E-state index in [0.717, 1.165) is 4.90 Å². The van der Waals surface area contributed by atoms with Crippen molar-refractivity contribution in [3.8, 4) is 5.75 Å². The average molecular weight is 496 g/mol. The molecular formula is C22H14F6N4O3. The van der Waals surface area contributed by atoms with Gasteiger partial charge >= 0.3 is 12.4 Å². The largest absolute Gasteiger partial charge is 0.573 e. The van der Waals surface area contributed by atoms with Crippen LogP contribution in [0.1, 0.15) is 5.56 Å². The topological polar surface area (TPSA) is 74.8 Å². The van der Waals surface area contributed by atoms with Gasteiger partial charge in [0.05, 0.1) is 24.1 Å². The number of hydrogen-bond acceptors (Lipinski definition) is 5. The molecule has 1 saturated heterocycles. The fourth-order valence-electron chi connectivity index (χ4n) is 3.40. The number of nitrogens with one attached hydrogen (secondary N) is 1. The van der Waals surface area contributed by atoms with Crippen LogP contribution in [-0.4, -0.2) is 34.7 Å². The predicted molar refractivity (Wildman–Crippen MR) is 110 cm³/mol. The predicted octanol–water partition coefficient (Wildman–Crippen LogP) is 5.11. The third-order valence-electron chi connectivity index (χ3n) is 4.92. The fraction of sp³-hybridized carbons (Fsp3) is 0.136. The molecule has 0 unspecified atom stereocenters. The molecule has 0 atom stereocenters. The summed E-state index contributed by atoms with van der Waals surface area (Å²) in [6, 6.07) is 9.48. The number of imide groups is 1. The number of halogens is 6. The molecule has 2 heterocycles. The third kappa shape index (κ3) is 4.98. The van der Waals surface area contributed by atoms with E-state index in [1.165, 1.54) is 12.4 Å². The van der Waals surface area contributed by atoms with Crippen molar-refractivity contribution in [3.63, 3.8) is 0 Å². The lowest BCUT2D eigenvalue weighted by Gasteiger charge is -2.20. The summed E-state index contributed by atoms with van der Waals surface area (Å²) in [4.78, 5) is 30.5. The minimum Gasteiger partial charge on any atom is -0.399 e. The molecule has 0 saturated carbocycles. The summed E-state index contributed by atoms with van der Waals surface area (Å²) in [6.07, 6.45) is -2.58. The van der Waals surface area contributed by atoms with Gasteiger partial charge in [0, 0.05) is 18.0 Å². The van der Waals surface area contributed by atoms with Crippen molar-refractivity contribution in [1.29, 1.82) is 0 Å². The molecule has 4 rings (SSSR count). The van der Waals surface area contributed by atoms with Gasteiger partial charge in [0.1, 0.15) is 6.54 Å². The Morgan fingerprint density at radius 3 is 2.43 bits per heavy atom. The summed E-state index contributed by atoms with van der Waals surface area (Å²) in [6.45, 7) is -0.740. The maximum atomic E-state index is 14.5. The minimum atomic E-state index is -5.50. The van der Waals surface area contributed by atoms with Gasteiger partial charge in [-0.2, -0.15) is 4.39 Å². The summed E-state index contributed by atoms with van der Waals surface area (Å²) < 4.78 is 83.1. The van der Waals surface area contributed by atoms with Gasteiger partial charge in [-0.3, -0.25) is 9.78 Å². The van der Waals surface area contributed by atoms with Crippen LogP contribution in [0, 0.1) is 17.5 Å². The van der Waals surface area contributed by atoms with Crippen LogP contribution >= 0.6 is 0 Å². The van der Waals surface area contributed by atoms with E-state index in [9.17, 15) is 35.9 Å². The van der Waals surface area contributed by atoms with E-state index < -0.39 is 53.7 Å². The van der Waals surface area contributed by atoms with E-state index in [2.05, 4.69) is 15.0 Å². The number of hydrogen-bond donors (Lipinski definition) is 1. The number of nitrogens with zero attached hydrogens (tertiary/aromatic N) is 3. The van der Waals surface area contributed by atoms with Gasteiger partial charge in [-0.15, -0.1) is 13.2 Å². The van der Waals surface area contributed by atoms with E-state index in [0.29, 0.717) is 16.9 Å². The molecule has 3 aromatic rings. The highest BCUT2D eigenvalue weighted by molar-refractivity contribution is 6.19. The lowest BCUT2D eigenvalue weighted by atomic mass is 10.2. The van der Waals surface area contributed by atoms with Crippen LogP contribution < -0.4 is 15.0 Å². The SMILES string of the molecule is O=C1CN(Cc2ccncc2Nc2ccccc2)C(=O)N1c1cc(F)c(OC(F)(F)F)c(F)c1F. The molecule has 0 spiro atoms. The summed E-state index contributed by atoms with van der Waals surface area (Å²) in [5, 5.41) is 3.10. The first-order valence-corrected chi connectivity index (χ1v) is 9.85. The highest BCUT2D eigenvalue weighted by Gasteiger charge is 2.42. The average Bonchev–Trinajstić information content (AvgIpc) is 3.08. The van der Waals surface area contributed by atoms with E-state index in [1.807, 2.05) is 6.07 Å². The second kappa shape index (κ2) is 9.16. The second-order valence-electron chi connectivity index (χ2n) is 7.27. The van der Waals surface area contributed by atoms with Gasteiger partial charge in [0.2, 0.25) is 11.6 Å². The van der Waals surface area contributed by atoms with Crippen LogP contribution in [0.5, 0.6) is 5.75 Å². The zero-order valence-corrected chi connectivity index (χ0v) is 17.4. The highest BCUT2D eigenvalue weighted by Crippen LogP contribution is 2.36. The summed E-state index contributed by atoms with van der Waals surface area (Å²) in [5.41, 5.74) is 0.540. The second-order valence-corrected chi connectivity index (χ2v) is 7.27. The zero-order chi connectivity index (χ0) is 25.3. The molecule has 1 N–H and O–H groups in total. The van der Waals surface area contributed by atoms with Gasteiger partial charge in [-0.1, -0.05) is 18.2 Å². The fourth-order valence-corrected chi connectivity index (χ4v) is 3.40. The van der Waals surface area contributed by atoms with Crippen molar-refractivity contribution in [2.45, 2.75) is 12.9 Å². The maximum Gasteiger partial charge on any atom is 0.573 e. The van der Waals surface area contributed by atoms with Gasteiger partial charge in [0.15, 0.2) is 11.6 Å². The van der Waals surface area contributed by atoms with Gasteiger partial charge in [-0.05, 0) is 23.8 Å². The maximum absolute atomic E-state index is 14.5. The third-order valence-corrected chi connectivity index (χ3v) is 4.92. The number of carbonyl (C=O) groups excluding carboxylic acids is 2. The van der Waals surface area contributed by atoms with E-state index in [-0.39, 0.29) is 17.5 Å². The molecule has 1 aliphatic heterocycles. The molecule has 35 heavy (non-hydrogen) atoms. The number of alkyl halides is 3. The number of ether oxygens (including phenoxy) is 1. The van der Waals surface area contributed by atoms with Crippen LogP contribution in [0.3, 0.4) is 0 Å². The van der Waals surface area contributed by atoms with Gasteiger partial charge in [0.25, 0.3) is 5.91 Å². The number of para-hydroxylation sites is 1. The molecule has 1 fully saturated rings. The van der Waals surface area contributed by atoms with E-state index in [1.54, 1.807) is 30.3 Å². The van der Waals surface area contributed by atoms with Crippen molar-refractivity contribution in [3.05, 3.63) is 77.9 Å². The number of aromatic nitrogens is 1. The Kier molecular flexibility index (Phi) is 6.24. The van der Waals surface area contributed by atoms with Crippen LogP contribution in [0.2, 0.25) is 0 Å². The number of benzene rings is 2. The lowest BCUT2D eigenvalue weighted by molar-refractivity contribution is -0.276.